The van der Waals surface area contributed by atoms with Crippen molar-refractivity contribution in [3.05, 3.63) is 32.3 Å². The third-order valence-corrected chi connectivity index (χ3v) is 5.25. The number of esters is 1. The van der Waals surface area contributed by atoms with E-state index in [1.807, 2.05) is 6.92 Å². The van der Waals surface area contributed by atoms with Crippen molar-refractivity contribution in [3.63, 3.8) is 0 Å². The zero-order chi connectivity index (χ0) is 16.6. The Kier molecular flexibility index (Phi) is 4.68. The molecule has 23 heavy (non-hydrogen) atoms. The fraction of sp³-hybridized carbons (Fsp3) is 0.375. The van der Waals surface area contributed by atoms with Gasteiger partial charge in [0.25, 0.3) is 0 Å². The third-order valence-electron chi connectivity index (χ3n) is 3.59. The highest BCUT2D eigenvalue weighted by molar-refractivity contribution is 9.10. The van der Waals surface area contributed by atoms with Gasteiger partial charge in [-0.1, -0.05) is 6.92 Å². The standard InChI is InChI=1S/C16H15BrFNO3S/c1-3-8-5-13-14(19-15(23-13)16(20)21-4-2)9-6-10(17)11(18)7-12(9)22-8/h6-8H,3-5H2,1-2H3. The average molecular weight is 400 g/mol. The van der Waals surface area contributed by atoms with E-state index in [-0.39, 0.29) is 11.9 Å². The van der Waals surface area contributed by atoms with Crippen LogP contribution in [0.4, 0.5) is 4.39 Å². The maximum atomic E-state index is 13.9. The summed E-state index contributed by atoms with van der Waals surface area (Å²) in [5.41, 5.74) is 1.36. The van der Waals surface area contributed by atoms with Crippen LogP contribution < -0.4 is 4.74 Å². The molecule has 0 saturated carbocycles. The van der Waals surface area contributed by atoms with E-state index in [1.165, 1.54) is 17.4 Å². The van der Waals surface area contributed by atoms with Gasteiger partial charge in [0.15, 0.2) is 0 Å². The molecule has 0 aliphatic carbocycles. The van der Waals surface area contributed by atoms with Gasteiger partial charge >= 0.3 is 5.97 Å². The van der Waals surface area contributed by atoms with Gasteiger partial charge < -0.3 is 9.47 Å². The molecule has 2 heterocycles. The van der Waals surface area contributed by atoms with Gasteiger partial charge in [-0.3, -0.25) is 0 Å². The molecule has 0 fully saturated rings. The minimum atomic E-state index is -0.428. The molecule has 1 aromatic carbocycles. The Morgan fingerprint density at radius 3 is 3.00 bits per heavy atom. The average Bonchev–Trinajstić information content (AvgIpc) is 2.88. The number of rotatable bonds is 3. The minimum Gasteiger partial charge on any atom is -0.489 e. The molecule has 0 radical (unpaired) electrons. The summed E-state index contributed by atoms with van der Waals surface area (Å²) in [4.78, 5) is 17.3. The number of aromatic nitrogens is 1. The van der Waals surface area contributed by atoms with E-state index >= 15 is 0 Å². The summed E-state index contributed by atoms with van der Waals surface area (Å²) < 4.78 is 25.2. The lowest BCUT2D eigenvalue weighted by Crippen LogP contribution is -2.16. The van der Waals surface area contributed by atoms with Gasteiger partial charge in [0, 0.05) is 22.9 Å². The third kappa shape index (κ3) is 3.12. The molecule has 1 unspecified atom stereocenters. The van der Waals surface area contributed by atoms with Gasteiger partial charge in [-0.2, -0.15) is 0 Å². The molecular formula is C16H15BrFNO3S. The Morgan fingerprint density at radius 1 is 1.52 bits per heavy atom. The zero-order valence-corrected chi connectivity index (χ0v) is 15.1. The van der Waals surface area contributed by atoms with E-state index in [4.69, 9.17) is 9.47 Å². The molecule has 1 aliphatic rings. The summed E-state index contributed by atoms with van der Waals surface area (Å²) in [7, 11) is 0. The largest absolute Gasteiger partial charge is 0.489 e. The van der Waals surface area contributed by atoms with Crippen molar-refractivity contribution < 1.29 is 18.7 Å². The maximum Gasteiger partial charge on any atom is 0.367 e. The van der Waals surface area contributed by atoms with Crippen LogP contribution in [0, 0.1) is 5.82 Å². The Hall–Kier alpha value is -1.47. The van der Waals surface area contributed by atoms with Crippen molar-refractivity contribution in [2.75, 3.05) is 6.61 Å². The summed E-state index contributed by atoms with van der Waals surface area (Å²) in [5.74, 6) is -0.359. The van der Waals surface area contributed by atoms with Gasteiger partial charge in [-0.25, -0.2) is 14.2 Å². The van der Waals surface area contributed by atoms with E-state index < -0.39 is 5.97 Å². The quantitative estimate of drug-likeness (QED) is 0.707. The Labute approximate surface area is 145 Å². The van der Waals surface area contributed by atoms with Crippen molar-refractivity contribution in [1.82, 2.24) is 4.98 Å². The van der Waals surface area contributed by atoms with Crippen molar-refractivity contribution >= 4 is 33.2 Å². The minimum absolute atomic E-state index is 0.0777. The van der Waals surface area contributed by atoms with Crippen LogP contribution in [0.25, 0.3) is 11.3 Å². The number of hydrogen-bond acceptors (Lipinski definition) is 5. The molecule has 0 amide bonds. The first-order chi connectivity index (χ1) is 11.0. The Bertz CT molecular complexity index is 762. The van der Waals surface area contributed by atoms with Crippen molar-refractivity contribution in [3.8, 4) is 17.0 Å². The summed E-state index contributed by atoms with van der Waals surface area (Å²) >= 11 is 4.51. The molecule has 0 spiro atoms. The smallest absolute Gasteiger partial charge is 0.367 e. The van der Waals surface area contributed by atoms with Crippen molar-refractivity contribution in [1.29, 1.82) is 0 Å². The summed E-state index contributed by atoms with van der Waals surface area (Å²) in [6.45, 7) is 4.07. The number of carbonyl (C=O) groups is 1. The first-order valence-corrected chi connectivity index (χ1v) is 8.97. The van der Waals surface area contributed by atoms with Gasteiger partial charge in [0.1, 0.15) is 17.7 Å². The van der Waals surface area contributed by atoms with Gasteiger partial charge in [-0.15, -0.1) is 11.3 Å². The summed E-state index contributed by atoms with van der Waals surface area (Å²) in [6.07, 6.45) is 1.34. The first-order valence-electron chi connectivity index (χ1n) is 7.36. The molecule has 0 bridgehead atoms. The summed E-state index contributed by atoms with van der Waals surface area (Å²) in [5, 5.41) is 0.319. The molecule has 2 aromatic rings. The second kappa shape index (κ2) is 6.57. The maximum absolute atomic E-state index is 13.9. The second-order valence-corrected chi connectivity index (χ2v) is 7.06. The van der Waals surface area contributed by atoms with Crippen LogP contribution in [0.3, 0.4) is 0 Å². The van der Waals surface area contributed by atoms with E-state index in [1.54, 1.807) is 13.0 Å². The highest BCUT2D eigenvalue weighted by Crippen LogP contribution is 2.41. The van der Waals surface area contributed by atoms with E-state index in [2.05, 4.69) is 20.9 Å². The monoisotopic (exact) mass is 399 g/mol. The molecule has 7 heteroatoms. The SMILES string of the molecule is CCOC(=O)c1nc2c(s1)CC(CC)Oc1cc(F)c(Br)cc1-2. The summed E-state index contributed by atoms with van der Waals surface area (Å²) in [6, 6.07) is 3.01. The lowest BCUT2D eigenvalue weighted by atomic mass is 10.1. The number of fused-ring (bicyclic) bond motifs is 3. The molecule has 3 rings (SSSR count). The van der Waals surface area contributed by atoms with Crippen molar-refractivity contribution in [2.45, 2.75) is 32.8 Å². The Balaban J connectivity index is 2.14. The Morgan fingerprint density at radius 2 is 2.30 bits per heavy atom. The number of benzene rings is 1. The van der Waals surface area contributed by atoms with Crippen LogP contribution in [-0.4, -0.2) is 23.7 Å². The molecule has 1 aromatic heterocycles. The predicted molar refractivity (Wildman–Crippen MR) is 89.6 cm³/mol. The van der Waals surface area contributed by atoms with Gasteiger partial charge in [-0.05, 0) is 35.3 Å². The number of halogens is 2. The molecule has 0 N–H and O–H groups in total. The molecule has 4 nitrogen and oxygen atoms in total. The van der Waals surface area contributed by atoms with Crippen molar-refractivity contribution in [2.24, 2.45) is 0 Å². The lowest BCUT2D eigenvalue weighted by Gasteiger charge is -2.15. The zero-order valence-electron chi connectivity index (χ0n) is 12.7. The first kappa shape index (κ1) is 16.4. The van der Waals surface area contributed by atoms with Crippen LogP contribution in [-0.2, 0) is 11.2 Å². The van der Waals surface area contributed by atoms with Crippen LogP contribution in [0.2, 0.25) is 0 Å². The highest BCUT2D eigenvalue weighted by Gasteiger charge is 2.28. The van der Waals surface area contributed by atoms with Crippen LogP contribution in [0.15, 0.2) is 16.6 Å². The van der Waals surface area contributed by atoms with Gasteiger partial charge in [0.05, 0.1) is 16.8 Å². The molecular weight excluding hydrogens is 385 g/mol. The lowest BCUT2D eigenvalue weighted by molar-refractivity contribution is 0.0526. The molecule has 0 saturated heterocycles. The highest BCUT2D eigenvalue weighted by atomic mass is 79.9. The normalized spacial score (nSPS) is 16.1. The number of thiazole rings is 1. The van der Waals surface area contributed by atoms with Gasteiger partial charge in [0.2, 0.25) is 5.01 Å². The number of nitrogens with zero attached hydrogens (tertiary/aromatic N) is 1. The van der Waals surface area contributed by atoms with Crippen LogP contribution in [0.1, 0.15) is 34.9 Å². The van der Waals surface area contributed by atoms with Crippen LogP contribution >= 0.6 is 27.3 Å². The van der Waals surface area contributed by atoms with E-state index in [0.29, 0.717) is 39.5 Å². The number of ether oxygens (including phenoxy) is 2. The van der Waals surface area contributed by atoms with E-state index in [0.717, 1.165) is 11.3 Å². The van der Waals surface area contributed by atoms with E-state index in [9.17, 15) is 9.18 Å². The number of hydrogen-bond donors (Lipinski definition) is 0. The van der Waals surface area contributed by atoms with Crippen LogP contribution in [0.5, 0.6) is 5.75 Å². The topological polar surface area (TPSA) is 48.4 Å². The molecule has 122 valence electrons. The fourth-order valence-electron chi connectivity index (χ4n) is 2.45. The number of carbonyl (C=O) groups excluding carboxylic acids is 1. The molecule has 1 atom stereocenters. The predicted octanol–water partition coefficient (Wildman–Crippen LogP) is 4.60. The fourth-order valence-corrected chi connectivity index (χ4v) is 3.82. The second-order valence-electron chi connectivity index (χ2n) is 5.13. The molecule has 1 aliphatic heterocycles.